The number of rotatable bonds is 0. The monoisotopic (exact) mass is 522 g/mol. The molecule has 0 aliphatic carbocycles. The van der Waals surface area contributed by atoms with E-state index < -0.39 is 0 Å². The maximum absolute atomic E-state index is 2.15. The van der Waals surface area contributed by atoms with Crippen LogP contribution in [0.25, 0.3) is 0 Å². The van der Waals surface area contributed by atoms with Crippen LogP contribution in [0.1, 0.15) is 20.8 Å². The van der Waals surface area contributed by atoms with Gasteiger partial charge in [-0.05, 0) is 0 Å². The molecule has 0 aliphatic rings. The van der Waals surface area contributed by atoms with E-state index in [9.17, 15) is 0 Å². The Bertz CT molecular complexity index is 22.8. The molecule has 0 unspecified atom stereocenters. The zero-order chi connectivity index (χ0) is 8.12. The molecule has 0 aromatic carbocycles. The summed E-state index contributed by atoms with van der Waals surface area (Å²) in [6.07, 6.45) is 0. The van der Waals surface area contributed by atoms with Crippen LogP contribution in [0.2, 0.25) is 14.9 Å². The van der Waals surface area contributed by atoms with Gasteiger partial charge in [0.25, 0.3) is 0 Å². The molecule has 0 aromatic heterocycles. The van der Waals surface area contributed by atoms with Crippen LogP contribution < -0.4 is 0 Å². The van der Waals surface area contributed by atoms with E-state index >= 15 is 0 Å². The van der Waals surface area contributed by atoms with Crippen molar-refractivity contribution in [1.29, 1.82) is 0 Å². The standard InChI is InChI=1S/3C2H5.3AsH.3Ga/c3*1-2;;;;;;/h3*1H2,2H3;3*1H;;;. The second-order valence-corrected chi connectivity index (χ2v) is 6.36. The number of hydrogen-bond acceptors (Lipinski definition) is 0. The van der Waals surface area contributed by atoms with E-state index in [1.165, 1.54) is 14.9 Å². The van der Waals surface area contributed by atoms with Crippen molar-refractivity contribution in [3.05, 3.63) is 0 Å². The summed E-state index contributed by atoms with van der Waals surface area (Å²) in [6, 6.07) is 0. The van der Waals surface area contributed by atoms with E-state index in [1.807, 2.05) is 0 Å². The minimum absolute atomic E-state index is 0. The quantitative estimate of drug-likeness (QED) is 0.387. The third-order valence-corrected chi connectivity index (χ3v) is 0. The van der Waals surface area contributed by atoms with Crippen molar-refractivity contribution in [3.63, 3.8) is 0 Å². The second kappa shape index (κ2) is 62.1. The van der Waals surface area contributed by atoms with Crippen molar-refractivity contribution < 1.29 is 0 Å². The second-order valence-electron chi connectivity index (χ2n) is 1.22. The van der Waals surface area contributed by atoms with Gasteiger partial charge in [-0.15, -0.1) is 0 Å². The van der Waals surface area contributed by atoms with Crippen molar-refractivity contribution in [3.8, 4) is 0 Å². The summed E-state index contributed by atoms with van der Waals surface area (Å²) in [7, 11) is 0. The Kier molecular flexibility index (Phi) is 187. The van der Waals surface area contributed by atoms with Crippen LogP contribution in [0.3, 0.4) is 0 Å². The number of hydrogen-bond donors (Lipinski definition) is 0. The van der Waals surface area contributed by atoms with Crippen LogP contribution in [-0.2, 0) is 0 Å². The zero-order valence-electron chi connectivity index (χ0n) is 8.35. The molecule has 0 rings (SSSR count). The van der Waals surface area contributed by atoms with E-state index in [0.717, 1.165) is 0 Å². The van der Waals surface area contributed by atoms with E-state index in [4.69, 9.17) is 0 Å². The SMILES string of the molecule is C[CH2][Ga].C[CH2][Ga].C[CH2][Ga].[AsH].[AsH].[AsH]. The topological polar surface area (TPSA) is 0 Å². The van der Waals surface area contributed by atoms with E-state index in [1.54, 1.807) is 55.8 Å². The van der Waals surface area contributed by atoms with Crippen LogP contribution in [0, 0.1) is 0 Å². The van der Waals surface area contributed by atoms with Gasteiger partial charge >= 0.3 is 145 Å². The van der Waals surface area contributed by atoms with Gasteiger partial charge in [0.1, 0.15) is 0 Å². The Morgan fingerprint density at radius 1 is 0.583 bits per heavy atom. The molecule has 0 nitrogen and oxygen atoms in total. The summed E-state index contributed by atoms with van der Waals surface area (Å²) < 4.78 is 0. The van der Waals surface area contributed by atoms with Crippen molar-refractivity contribution >= 4 is 110 Å². The van der Waals surface area contributed by atoms with Gasteiger partial charge in [-0.2, -0.15) is 0 Å². The first-order valence-electron chi connectivity index (χ1n) is 3.35. The summed E-state index contributed by atoms with van der Waals surface area (Å²) in [5, 5.41) is 0. The molecule has 12 radical (unpaired) electrons. The van der Waals surface area contributed by atoms with Gasteiger partial charge in [0.05, 0.1) is 0 Å². The summed E-state index contributed by atoms with van der Waals surface area (Å²) in [5.74, 6) is 0. The Balaban J connectivity index is -0.00000001000. The first kappa shape index (κ1) is 36.1. The van der Waals surface area contributed by atoms with Gasteiger partial charge in [-0.3, -0.25) is 0 Å². The van der Waals surface area contributed by atoms with Crippen LogP contribution in [0.15, 0.2) is 0 Å². The Labute approximate surface area is 143 Å². The molecule has 0 amide bonds. The van der Waals surface area contributed by atoms with Gasteiger partial charge in [0, 0.05) is 0 Å². The average molecular weight is 524 g/mol. The molecule has 0 spiro atoms. The van der Waals surface area contributed by atoms with Crippen molar-refractivity contribution in [1.82, 2.24) is 0 Å². The molecule has 0 saturated heterocycles. The first-order valence-corrected chi connectivity index (χ1v) is 8.49. The fraction of sp³-hybridized carbons (Fsp3) is 1.00. The molecular weight excluding hydrogens is 506 g/mol. The average Bonchev–Trinajstić information content (AvgIpc) is 1.70. The Hall–Kier alpha value is 3.58. The fourth-order valence-electron chi connectivity index (χ4n) is 0. The fourth-order valence-corrected chi connectivity index (χ4v) is 0. The molecule has 0 saturated carbocycles. The van der Waals surface area contributed by atoms with Gasteiger partial charge in [0.15, 0.2) is 0 Å². The maximum atomic E-state index is 2.15. The molecule has 0 bridgehead atoms. The molecule has 0 N–H and O–H groups in total. The predicted octanol–water partition coefficient (Wildman–Crippen LogP) is -0.166. The van der Waals surface area contributed by atoms with E-state index in [-0.39, 0.29) is 53.9 Å². The Morgan fingerprint density at radius 2 is 0.583 bits per heavy atom. The predicted molar refractivity (Wildman–Crippen MR) is 70.2 cm³/mol. The molecule has 0 fully saturated rings. The minimum atomic E-state index is 0. The van der Waals surface area contributed by atoms with Gasteiger partial charge in [0.2, 0.25) is 0 Å². The molecular formula is C6H18As3Ga3. The first-order chi connectivity index (χ1) is 4.24. The Morgan fingerprint density at radius 3 is 0.583 bits per heavy atom. The van der Waals surface area contributed by atoms with E-state index in [2.05, 4.69) is 20.8 Å². The third kappa shape index (κ3) is 167. The molecule has 12 heavy (non-hydrogen) atoms. The van der Waals surface area contributed by atoms with Crippen LogP contribution in [0.4, 0.5) is 0 Å². The molecule has 0 aliphatic heterocycles. The molecule has 6 heteroatoms. The van der Waals surface area contributed by atoms with E-state index in [0.29, 0.717) is 0 Å². The van der Waals surface area contributed by atoms with Crippen LogP contribution in [0.5, 0.6) is 0 Å². The van der Waals surface area contributed by atoms with Gasteiger partial charge in [-0.1, -0.05) is 0 Å². The zero-order valence-corrected chi connectivity index (χ0v) is 21.9. The van der Waals surface area contributed by atoms with Crippen LogP contribution in [-0.4, -0.2) is 110 Å². The summed E-state index contributed by atoms with van der Waals surface area (Å²) in [4.78, 5) is 3.94. The summed E-state index contributed by atoms with van der Waals surface area (Å²) in [5.41, 5.74) is 0. The van der Waals surface area contributed by atoms with Gasteiger partial charge < -0.3 is 0 Å². The molecule has 66 valence electrons. The normalized spacial score (nSPS) is 4.25. The molecule has 0 aromatic rings. The van der Waals surface area contributed by atoms with Crippen molar-refractivity contribution in [2.45, 2.75) is 35.7 Å². The molecule has 0 atom stereocenters. The van der Waals surface area contributed by atoms with Gasteiger partial charge in [-0.25, -0.2) is 0 Å². The molecule has 0 heterocycles. The van der Waals surface area contributed by atoms with Crippen molar-refractivity contribution in [2.24, 2.45) is 0 Å². The van der Waals surface area contributed by atoms with Crippen LogP contribution >= 0.6 is 0 Å². The summed E-state index contributed by atoms with van der Waals surface area (Å²) >= 11 is 5.35. The van der Waals surface area contributed by atoms with Crippen molar-refractivity contribution in [2.75, 3.05) is 0 Å². The third-order valence-electron chi connectivity index (χ3n) is 0. The summed E-state index contributed by atoms with van der Waals surface area (Å²) in [6.45, 7) is 6.46.